The van der Waals surface area contributed by atoms with Crippen LogP contribution in [0, 0.1) is 23.7 Å². The van der Waals surface area contributed by atoms with Crippen molar-refractivity contribution in [3.8, 4) is 23.7 Å². The van der Waals surface area contributed by atoms with Gasteiger partial charge in [0.2, 0.25) is 0 Å². The van der Waals surface area contributed by atoms with Gasteiger partial charge >= 0.3 is 5.97 Å². The fourth-order valence-electron chi connectivity index (χ4n) is 2.09. The number of amides is 1. The summed E-state index contributed by atoms with van der Waals surface area (Å²) >= 11 is 0. The summed E-state index contributed by atoms with van der Waals surface area (Å²) in [6.07, 6.45) is -1.21. The molecule has 0 aromatic heterocycles. The molecule has 27 heavy (non-hydrogen) atoms. The first kappa shape index (κ1) is 19.6. The van der Waals surface area contributed by atoms with Gasteiger partial charge in [0.05, 0.1) is 6.10 Å². The van der Waals surface area contributed by atoms with Gasteiger partial charge in [-0.15, -0.1) is 0 Å². The number of nitrogens with one attached hydrogen (secondary N) is 1. The summed E-state index contributed by atoms with van der Waals surface area (Å²) in [6.45, 7) is 1.29. The molecule has 0 aliphatic carbocycles. The van der Waals surface area contributed by atoms with Crippen molar-refractivity contribution in [2.24, 2.45) is 0 Å². The number of nitrogen functional groups attached to an aromatic ring is 1. The van der Waals surface area contributed by atoms with E-state index in [1.54, 1.807) is 36.4 Å². The minimum Gasteiger partial charge on any atom is -0.480 e. The van der Waals surface area contributed by atoms with Crippen LogP contribution in [0.25, 0.3) is 0 Å². The van der Waals surface area contributed by atoms with Gasteiger partial charge in [0.25, 0.3) is 5.91 Å². The number of rotatable bonds is 4. The Labute approximate surface area is 157 Å². The number of carboxylic acids is 1. The van der Waals surface area contributed by atoms with E-state index in [-0.39, 0.29) is 5.56 Å². The molecule has 0 bridgehead atoms. The van der Waals surface area contributed by atoms with Crippen LogP contribution in [0.2, 0.25) is 0 Å². The van der Waals surface area contributed by atoms with Crippen LogP contribution in [-0.4, -0.2) is 34.2 Å². The van der Waals surface area contributed by atoms with Crippen LogP contribution < -0.4 is 11.1 Å². The second-order valence-corrected chi connectivity index (χ2v) is 5.73. The van der Waals surface area contributed by atoms with E-state index < -0.39 is 24.0 Å². The molecule has 0 saturated carbocycles. The molecule has 5 N–H and O–H groups in total. The van der Waals surface area contributed by atoms with Gasteiger partial charge in [0.1, 0.15) is 0 Å². The zero-order valence-electron chi connectivity index (χ0n) is 14.6. The van der Waals surface area contributed by atoms with Crippen molar-refractivity contribution in [1.29, 1.82) is 0 Å². The largest absolute Gasteiger partial charge is 0.480 e. The number of hydrogen-bond acceptors (Lipinski definition) is 4. The summed E-state index contributed by atoms with van der Waals surface area (Å²) < 4.78 is 0. The standard InChI is InChI=1S/C21H18N2O4/c1-14(24)19(21(26)27)23-20(25)17-10-6-15(7-11-17)4-2-3-5-16-8-12-18(22)13-9-16/h6-14,19,24H,22H2,1H3,(H,23,25)(H,26,27). The average molecular weight is 362 g/mol. The van der Waals surface area contributed by atoms with Gasteiger partial charge in [-0.05, 0) is 67.3 Å². The fraction of sp³-hybridized carbons (Fsp3) is 0.143. The minimum absolute atomic E-state index is 0.264. The molecule has 6 nitrogen and oxygen atoms in total. The molecule has 0 saturated heterocycles. The zero-order valence-corrected chi connectivity index (χ0v) is 14.6. The minimum atomic E-state index is -1.37. The number of carbonyl (C=O) groups excluding carboxylic acids is 1. The summed E-state index contributed by atoms with van der Waals surface area (Å²) in [6, 6.07) is 12.0. The molecule has 0 heterocycles. The average Bonchev–Trinajstić information content (AvgIpc) is 2.64. The molecule has 0 fully saturated rings. The molecule has 6 heteroatoms. The Morgan fingerprint density at radius 3 is 1.89 bits per heavy atom. The topological polar surface area (TPSA) is 113 Å². The number of benzene rings is 2. The van der Waals surface area contributed by atoms with Crippen LogP contribution >= 0.6 is 0 Å². The van der Waals surface area contributed by atoms with Gasteiger partial charge in [0.15, 0.2) is 6.04 Å². The van der Waals surface area contributed by atoms with Gasteiger partial charge in [-0.25, -0.2) is 4.79 Å². The predicted molar refractivity (Wildman–Crippen MR) is 102 cm³/mol. The molecule has 0 aliphatic rings. The van der Waals surface area contributed by atoms with E-state index in [4.69, 9.17) is 10.8 Å². The SMILES string of the molecule is CC(O)C(NC(=O)c1ccc(C#CC#Cc2ccc(N)cc2)cc1)C(=O)O. The molecule has 2 atom stereocenters. The van der Waals surface area contributed by atoms with Crippen molar-refractivity contribution in [2.75, 3.05) is 5.73 Å². The second kappa shape index (κ2) is 9.10. The monoisotopic (exact) mass is 362 g/mol. The summed E-state index contributed by atoms with van der Waals surface area (Å²) in [4.78, 5) is 23.1. The lowest BCUT2D eigenvalue weighted by atomic mass is 10.1. The Hall–Kier alpha value is -3.74. The maximum atomic E-state index is 12.1. The zero-order chi connectivity index (χ0) is 19.8. The molecule has 2 aromatic rings. The van der Waals surface area contributed by atoms with Crippen LogP contribution in [0.15, 0.2) is 48.5 Å². The van der Waals surface area contributed by atoms with Crippen molar-refractivity contribution >= 4 is 17.6 Å². The highest BCUT2D eigenvalue weighted by Gasteiger charge is 2.25. The first-order valence-corrected chi connectivity index (χ1v) is 8.06. The van der Waals surface area contributed by atoms with Crippen LogP contribution in [-0.2, 0) is 4.79 Å². The van der Waals surface area contributed by atoms with Crippen LogP contribution in [0.4, 0.5) is 5.69 Å². The summed E-state index contributed by atoms with van der Waals surface area (Å²) in [7, 11) is 0. The molecule has 2 rings (SSSR count). The maximum Gasteiger partial charge on any atom is 0.328 e. The van der Waals surface area contributed by atoms with Gasteiger partial charge in [-0.2, -0.15) is 0 Å². The first-order chi connectivity index (χ1) is 12.9. The summed E-state index contributed by atoms with van der Waals surface area (Å²) in [5.41, 5.74) is 7.99. The summed E-state index contributed by atoms with van der Waals surface area (Å²) in [5, 5.41) is 20.7. The third-order valence-corrected chi connectivity index (χ3v) is 3.57. The Morgan fingerprint density at radius 2 is 1.44 bits per heavy atom. The maximum absolute atomic E-state index is 12.1. The molecular weight excluding hydrogens is 344 g/mol. The van der Waals surface area contributed by atoms with Crippen molar-refractivity contribution in [2.45, 2.75) is 19.1 Å². The van der Waals surface area contributed by atoms with Crippen molar-refractivity contribution in [3.05, 3.63) is 65.2 Å². The van der Waals surface area contributed by atoms with E-state index in [0.717, 1.165) is 5.56 Å². The third kappa shape index (κ3) is 5.93. The number of nitrogens with two attached hydrogens (primary N) is 1. The third-order valence-electron chi connectivity index (χ3n) is 3.57. The highest BCUT2D eigenvalue weighted by Crippen LogP contribution is 2.05. The lowest BCUT2D eigenvalue weighted by molar-refractivity contribution is -0.141. The molecule has 136 valence electrons. The lowest BCUT2D eigenvalue weighted by Gasteiger charge is -2.16. The second-order valence-electron chi connectivity index (χ2n) is 5.73. The van der Waals surface area contributed by atoms with Crippen LogP contribution in [0.5, 0.6) is 0 Å². The quantitative estimate of drug-likeness (QED) is 0.483. The first-order valence-electron chi connectivity index (χ1n) is 8.06. The normalized spacial score (nSPS) is 11.8. The van der Waals surface area contributed by atoms with Crippen LogP contribution in [0.3, 0.4) is 0 Å². The van der Waals surface area contributed by atoms with E-state index in [0.29, 0.717) is 11.3 Å². The van der Waals surface area contributed by atoms with Gasteiger partial charge in [-0.1, -0.05) is 11.8 Å². The van der Waals surface area contributed by atoms with Crippen molar-refractivity contribution < 1.29 is 19.8 Å². The van der Waals surface area contributed by atoms with Crippen molar-refractivity contribution in [3.63, 3.8) is 0 Å². The summed E-state index contributed by atoms with van der Waals surface area (Å²) in [5.74, 6) is 9.31. The van der Waals surface area contributed by atoms with E-state index in [1.165, 1.54) is 19.1 Å². The Bertz CT molecular complexity index is 940. The van der Waals surface area contributed by atoms with E-state index in [1.807, 2.05) is 0 Å². The number of aliphatic hydroxyl groups is 1. The number of aliphatic carboxylic acids is 1. The lowest BCUT2D eigenvalue weighted by Crippen LogP contribution is -2.47. The number of aliphatic hydroxyl groups excluding tert-OH is 1. The Balaban J connectivity index is 2.02. The fourth-order valence-corrected chi connectivity index (χ4v) is 2.09. The smallest absolute Gasteiger partial charge is 0.328 e. The number of carbonyl (C=O) groups is 2. The van der Waals surface area contributed by atoms with Crippen LogP contribution in [0.1, 0.15) is 28.4 Å². The molecule has 1 amide bonds. The number of carboxylic acid groups (broad SMARTS) is 1. The molecule has 2 aromatic carbocycles. The predicted octanol–water partition coefficient (Wildman–Crippen LogP) is 1.24. The Morgan fingerprint density at radius 1 is 0.963 bits per heavy atom. The number of anilines is 1. The van der Waals surface area contributed by atoms with E-state index in [9.17, 15) is 14.7 Å². The molecule has 0 spiro atoms. The van der Waals surface area contributed by atoms with Crippen molar-refractivity contribution in [1.82, 2.24) is 5.32 Å². The van der Waals surface area contributed by atoms with Gasteiger partial charge < -0.3 is 21.3 Å². The van der Waals surface area contributed by atoms with Gasteiger partial charge in [-0.3, -0.25) is 4.79 Å². The highest BCUT2D eigenvalue weighted by molar-refractivity contribution is 5.96. The molecule has 0 radical (unpaired) electrons. The Kier molecular flexibility index (Phi) is 6.60. The highest BCUT2D eigenvalue weighted by atomic mass is 16.4. The molecule has 2 unspecified atom stereocenters. The number of hydrogen-bond donors (Lipinski definition) is 4. The molecule has 0 aliphatic heterocycles. The van der Waals surface area contributed by atoms with E-state index in [2.05, 4.69) is 29.0 Å². The molecular formula is C21H18N2O4. The van der Waals surface area contributed by atoms with E-state index >= 15 is 0 Å². The van der Waals surface area contributed by atoms with Gasteiger partial charge in [0, 0.05) is 22.4 Å².